The van der Waals surface area contributed by atoms with Gasteiger partial charge in [-0.2, -0.15) is 0 Å². The van der Waals surface area contributed by atoms with Crippen LogP contribution in [0, 0.1) is 48.9 Å². The number of carbonyl (C=O) groups is 2. The number of hydrogen-bond acceptors (Lipinski definition) is 9. The molecule has 0 amide bonds. The number of carboxylic acids is 1. The number of aryl methyl sites for hydroxylation is 2. The topological polar surface area (TPSA) is 130 Å². The number of rotatable bonds is 9. The van der Waals surface area contributed by atoms with Crippen LogP contribution in [0.2, 0.25) is 12.6 Å². The average Bonchev–Trinajstić information content (AvgIpc) is 3.40. The van der Waals surface area contributed by atoms with Gasteiger partial charge in [0.2, 0.25) is 0 Å². The van der Waals surface area contributed by atoms with E-state index in [4.69, 9.17) is 41.0 Å². The molecular formula is C40H52B2O10. The maximum atomic E-state index is 13.0. The molecule has 52 heavy (non-hydrogen) atoms. The number of benzene rings is 2. The van der Waals surface area contributed by atoms with Gasteiger partial charge >= 0.3 is 26.2 Å². The van der Waals surface area contributed by atoms with E-state index in [-0.39, 0.29) is 56.5 Å². The van der Waals surface area contributed by atoms with Crippen LogP contribution in [0.15, 0.2) is 24.3 Å². The van der Waals surface area contributed by atoms with Crippen molar-refractivity contribution in [2.75, 3.05) is 13.2 Å². The quantitative estimate of drug-likeness (QED) is 0.165. The number of esters is 1. The monoisotopic (exact) mass is 714 g/mol. The second-order valence-corrected chi connectivity index (χ2v) is 15.5. The van der Waals surface area contributed by atoms with E-state index < -0.39 is 24.7 Å². The summed E-state index contributed by atoms with van der Waals surface area (Å²) in [4.78, 5) is 24.3. The highest BCUT2D eigenvalue weighted by molar-refractivity contribution is 6.45. The Morgan fingerprint density at radius 1 is 1.02 bits per heavy atom. The van der Waals surface area contributed by atoms with Crippen molar-refractivity contribution in [2.24, 2.45) is 17.3 Å². The standard InChI is InChI=1S/C27H37BO5.C12H11BO5.CH4/c1-9-14-30-20-11-10-18(17(2)23(20)24(29)31-25(3,4)5)12-13-28-32-22-16-19-15-21(26(19,6)7)27(22,8)33-28;1-2-7-17-9-4-3-8-5-6-13(16)18-11(8)10(9)12(14)15;/h1,10-11,19,21-22H,12-16H2,2-8H3;1,3-4,16H,5-7H2,(H,14,15);1H4/t19?,21?,22?,27-;;/m0../s1. The van der Waals surface area contributed by atoms with E-state index in [9.17, 15) is 19.7 Å². The Morgan fingerprint density at radius 3 is 2.25 bits per heavy atom. The van der Waals surface area contributed by atoms with Crippen molar-refractivity contribution in [3.05, 3.63) is 52.1 Å². The van der Waals surface area contributed by atoms with E-state index in [0.29, 0.717) is 35.4 Å². The normalized spacial score (nSPS) is 23.4. The highest BCUT2D eigenvalue weighted by Crippen LogP contribution is 2.65. The van der Waals surface area contributed by atoms with E-state index in [1.165, 1.54) is 6.42 Å². The molecule has 12 heteroatoms. The molecule has 4 atom stereocenters. The van der Waals surface area contributed by atoms with Crippen molar-refractivity contribution >= 4 is 26.2 Å². The molecule has 2 aromatic carbocycles. The summed E-state index contributed by atoms with van der Waals surface area (Å²) in [5, 5.41) is 18.7. The number of ether oxygens (including phenoxy) is 3. The molecule has 2 aliphatic heterocycles. The van der Waals surface area contributed by atoms with Gasteiger partial charge in [-0.1, -0.05) is 45.2 Å². The summed E-state index contributed by atoms with van der Waals surface area (Å²) >= 11 is 0. The van der Waals surface area contributed by atoms with Crippen LogP contribution in [0.1, 0.15) is 99.2 Å². The minimum Gasteiger partial charge on any atom is -0.535 e. The Kier molecular flexibility index (Phi) is 12.4. The molecule has 0 spiro atoms. The summed E-state index contributed by atoms with van der Waals surface area (Å²) < 4.78 is 34.6. The first-order valence-electron chi connectivity index (χ1n) is 17.6. The smallest absolute Gasteiger partial charge is 0.522 e. The average molecular weight is 714 g/mol. The Morgan fingerprint density at radius 2 is 1.65 bits per heavy atom. The first kappa shape index (κ1) is 40.7. The lowest BCUT2D eigenvalue weighted by atomic mass is 9.43. The Hall–Kier alpha value is -4.09. The van der Waals surface area contributed by atoms with E-state index in [1.807, 2.05) is 39.8 Å². The highest BCUT2D eigenvalue weighted by Gasteiger charge is 2.67. The maximum absolute atomic E-state index is 13.0. The molecule has 278 valence electrons. The van der Waals surface area contributed by atoms with Crippen molar-refractivity contribution in [1.82, 2.24) is 0 Å². The van der Waals surface area contributed by atoms with Crippen LogP contribution < -0.4 is 14.1 Å². The van der Waals surface area contributed by atoms with Gasteiger partial charge in [0.15, 0.2) is 0 Å². The molecular weight excluding hydrogens is 662 g/mol. The second kappa shape index (κ2) is 15.9. The van der Waals surface area contributed by atoms with Crippen molar-refractivity contribution < 1.29 is 47.9 Å². The van der Waals surface area contributed by atoms with Gasteiger partial charge in [-0.25, -0.2) is 9.59 Å². The summed E-state index contributed by atoms with van der Waals surface area (Å²) in [7, 11) is -1.21. The Bertz CT molecular complexity index is 1740. The fraction of sp³-hybridized carbons (Fsp3) is 0.550. The Labute approximate surface area is 309 Å². The van der Waals surface area contributed by atoms with Gasteiger partial charge in [-0.05, 0) is 119 Å². The summed E-state index contributed by atoms with van der Waals surface area (Å²) in [5.74, 6) is 5.20. The van der Waals surface area contributed by atoms with Crippen LogP contribution in [0.5, 0.6) is 17.2 Å². The molecule has 1 saturated heterocycles. The number of terminal acetylenes is 2. The van der Waals surface area contributed by atoms with Crippen molar-refractivity contribution in [1.29, 1.82) is 0 Å². The number of carboxylic acid groups (broad SMARTS) is 1. The third-order valence-electron chi connectivity index (χ3n) is 10.7. The lowest BCUT2D eigenvalue weighted by Gasteiger charge is -2.64. The van der Waals surface area contributed by atoms with Crippen molar-refractivity contribution in [3.63, 3.8) is 0 Å². The lowest BCUT2D eigenvalue weighted by Crippen LogP contribution is -2.65. The molecule has 5 aliphatic rings. The van der Waals surface area contributed by atoms with Crippen LogP contribution in [-0.4, -0.2) is 66.8 Å². The van der Waals surface area contributed by atoms with Crippen LogP contribution in [0.4, 0.5) is 0 Å². The second-order valence-electron chi connectivity index (χ2n) is 15.5. The number of carbonyl (C=O) groups excluding carboxylic acids is 1. The molecule has 7 rings (SSSR count). The van der Waals surface area contributed by atoms with Gasteiger partial charge in [0.1, 0.15) is 47.2 Å². The molecule has 3 saturated carbocycles. The molecule has 10 nitrogen and oxygen atoms in total. The molecule has 0 aromatic heterocycles. The fourth-order valence-electron chi connectivity index (χ4n) is 8.03. The lowest BCUT2D eigenvalue weighted by molar-refractivity contribution is -0.199. The molecule has 2 bridgehead atoms. The molecule has 2 N–H and O–H groups in total. The number of hydrogen-bond donors (Lipinski definition) is 2. The zero-order valence-corrected chi connectivity index (χ0v) is 30.7. The predicted octanol–water partition coefficient (Wildman–Crippen LogP) is 6.68. The SMILES string of the molecule is C.C#CCOc1ccc(CCB2OC3CC4CC(C4(C)C)[C@]3(C)O2)c(C)c1C(=O)OC(C)(C)C.C#CCOc1ccc2c(c1C(=O)O)OB(O)CC2. The number of aromatic carboxylic acids is 1. The van der Waals surface area contributed by atoms with Crippen molar-refractivity contribution in [3.8, 4) is 41.9 Å². The zero-order valence-electron chi connectivity index (χ0n) is 30.7. The van der Waals surface area contributed by atoms with Gasteiger partial charge in [-0.15, -0.1) is 12.8 Å². The highest BCUT2D eigenvalue weighted by atomic mass is 16.7. The molecule has 0 radical (unpaired) electrons. The van der Waals surface area contributed by atoms with E-state index in [2.05, 4.69) is 32.6 Å². The van der Waals surface area contributed by atoms with Gasteiger partial charge in [0.25, 0.3) is 0 Å². The van der Waals surface area contributed by atoms with Crippen LogP contribution in [0.3, 0.4) is 0 Å². The molecule has 2 heterocycles. The van der Waals surface area contributed by atoms with Gasteiger partial charge in [0, 0.05) is 0 Å². The van der Waals surface area contributed by atoms with Gasteiger partial charge in [-0.3, -0.25) is 0 Å². The number of fused-ring (bicyclic) bond motifs is 1. The van der Waals surface area contributed by atoms with Gasteiger partial charge in [0.05, 0.1) is 11.7 Å². The van der Waals surface area contributed by atoms with Gasteiger partial charge < -0.3 is 38.3 Å². The molecule has 3 aliphatic carbocycles. The third-order valence-corrected chi connectivity index (χ3v) is 10.7. The van der Waals surface area contributed by atoms with Crippen molar-refractivity contribution in [2.45, 2.75) is 112 Å². The zero-order chi connectivity index (χ0) is 37.3. The maximum Gasteiger partial charge on any atom is 0.522 e. The minimum atomic E-state index is -1.17. The van der Waals surface area contributed by atoms with Crippen LogP contribution in [-0.2, 0) is 26.9 Å². The third kappa shape index (κ3) is 8.25. The van der Waals surface area contributed by atoms with Crippen LogP contribution >= 0.6 is 0 Å². The largest absolute Gasteiger partial charge is 0.535 e. The first-order chi connectivity index (χ1) is 24.0. The van der Waals surface area contributed by atoms with E-state index in [1.54, 1.807) is 12.1 Å². The fourth-order valence-corrected chi connectivity index (χ4v) is 8.03. The Balaban J connectivity index is 0.000000270. The summed E-state index contributed by atoms with van der Waals surface area (Å²) in [5.41, 5.74) is 2.52. The summed E-state index contributed by atoms with van der Waals surface area (Å²) in [6, 6.07) is 7.09. The van der Waals surface area contributed by atoms with E-state index in [0.717, 1.165) is 41.8 Å². The van der Waals surface area contributed by atoms with Crippen LogP contribution in [0.25, 0.3) is 0 Å². The summed E-state index contributed by atoms with van der Waals surface area (Å²) in [6.45, 7) is 14.5. The predicted molar refractivity (Wildman–Crippen MR) is 201 cm³/mol. The van der Waals surface area contributed by atoms with E-state index >= 15 is 0 Å². The first-order valence-corrected chi connectivity index (χ1v) is 17.6. The molecule has 3 unspecified atom stereocenters. The summed E-state index contributed by atoms with van der Waals surface area (Å²) in [6.07, 6.45) is 15.4. The molecule has 2 aromatic rings. The minimum absolute atomic E-state index is 0. The molecule has 4 fully saturated rings.